The standard InChI is InChI=1S/C17H24O4/c18-16(19)15(17(20)21)13-9-4-2-1-3-6-10-14-11-7-5-8-12-14/h5,7-8,11-12,15H,1-4,6,9-10,13H2,(H,18,19)(H,20,21). The second kappa shape index (κ2) is 9.97. The molecule has 0 aliphatic rings. The largest absolute Gasteiger partial charge is 0.481 e. The fourth-order valence-corrected chi connectivity index (χ4v) is 2.38. The maximum Gasteiger partial charge on any atom is 0.317 e. The van der Waals surface area contributed by atoms with Gasteiger partial charge in [0.2, 0.25) is 0 Å². The Balaban J connectivity index is 2.00. The van der Waals surface area contributed by atoms with Crippen LogP contribution < -0.4 is 0 Å². The number of aliphatic carboxylic acids is 2. The van der Waals surface area contributed by atoms with Gasteiger partial charge in [0.25, 0.3) is 0 Å². The fourth-order valence-electron chi connectivity index (χ4n) is 2.38. The third kappa shape index (κ3) is 7.49. The monoisotopic (exact) mass is 292 g/mol. The number of benzene rings is 1. The molecule has 1 rings (SSSR count). The summed E-state index contributed by atoms with van der Waals surface area (Å²) in [5, 5.41) is 17.5. The Kier molecular flexibility index (Phi) is 8.17. The van der Waals surface area contributed by atoms with E-state index in [1.54, 1.807) is 0 Å². The lowest BCUT2D eigenvalue weighted by Gasteiger charge is -2.07. The predicted molar refractivity (Wildman–Crippen MR) is 81.2 cm³/mol. The molecule has 0 saturated carbocycles. The first kappa shape index (κ1) is 17.2. The molecule has 0 aliphatic heterocycles. The van der Waals surface area contributed by atoms with Gasteiger partial charge in [0.1, 0.15) is 0 Å². The van der Waals surface area contributed by atoms with Crippen molar-refractivity contribution in [2.24, 2.45) is 5.92 Å². The van der Waals surface area contributed by atoms with Gasteiger partial charge in [-0.15, -0.1) is 0 Å². The highest BCUT2D eigenvalue weighted by atomic mass is 16.4. The van der Waals surface area contributed by atoms with Crippen LogP contribution in [-0.4, -0.2) is 22.2 Å². The summed E-state index contributed by atoms with van der Waals surface area (Å²) in [5.74, 6) is -3.71. The summed E-state index contributed by atoms with van der Waals surface area (Å²) in [6.07, 6.45) is 7.39. The van der Waals surface area contributed by atoms with Crippen molar-refractivity contribution in [1.29, 1.82) is 0 Å². The maximum atomic E-state index is 10.7. The van der Waals surface area contributed by atoms with Gasteiger partial charge in [0.15, 0.2) is 5.92 Å². The number of carboxylic acid groups (broad SMARTS) is 2. The Bertz CT molecular complexity index is 414. The lowest BCUT2D eigenvalue weighted by Crippen LogP contribution is -2.23. The number of aryl methyl sites for hydroxylation is 1. The summed E-state index contributed by atoms with van der Waals surface area (Å²) in [6.45, 7) is 0. The molecule has 0 saturated heterocycles. The summed E-state index contributed by atoms with van der Waals surface area (Å²) < 4.78 is 0. The Hall–Kier alpha value is -1.84. The van der Waals surface area contributed by atoms with Crippen molar-refractivity contribution in [3.63, 3.8) is 0 Å². The number of hydrogen-bond donors (Lipinski definition) is 2. The molecule has 0 atom stereocenters. The second-order valence-electron chi connectivity index (χ2n) is 5.37. The highest BCUT2D eigenvalue weighted by molar-refractivity contribution is 5.92. The molecule has 1 aromatic carbocycles. The van der Waals surface area contributed by atoms with Crippen molar-refractivity contribution < 1.29 is 19.8 Å². The Morgan fingerprint density at radius 1 is 0.810 bits per heavy atom. The lowest BCUT2D eigenvalue weighted by molar-refractivity contribution is -0.154. The molecule has 0 spiro atoms. The van der Waals surface area contributed by atoms with Crippen LogP contribution >= 0.6 is 0 Å². The van der Waals surface area contributed by atoms with E-state index in [4.69, 9.17) is 10.2 Å². The van der Waals surface area contributed by atoms with Crippen LogP contribution in [0.5, 0.6) is 0 Å². The molecule has 0 heterocycles. The van der Waals surface area contributed by atoms with Crippen molar-refractivity contribution in [2.75, 3.05) is 0 Å². The third-order valence-corrected chi connectivity index (χ3v) is 3.65. The van der Waals surface area contributed by atoms with E-state index >= 15 is 0 Å². The van der Waals surface area contributed by atoms with Crippen molar-refractivity contribution in [3.05, 3.63) is 35.9 Å². The minimum Gasteiger partial charge on any atom is -0.481 e. The molecule has 4 nitrogen and oxygen atoms in total. The summed E-state index contributed by atoms with van der Waals surface area (Å²) in [7, 11) is 0. The van der Waals surface area contributed by atoms with Gasteiger partial charge in [0, 0.05) is 0 Å². The number of carbonyl (C=O) groups is 2. The Morgan fingerprint density at radius 3 is 1.90 bits per heavy atom. The Labute approximate surface area is 125 Å². The number of unbranched alkanes of at least 4 members (excludes halogenated alkanes) is 5. The molecule has 0 fully saturated rings. The normalized spacial score (nSPS) is 10.7. The van der Waals surface area contributed by atoms with E-state index in [0.29, 0.717) is 6.42 Å². The molecular formula is C17H24O4. The number of hydrogen-bond acceptors (Lipinski definition) is 2. The molecule has 0 radical (unpaired) electrons. The summed E-state index contributed by atoms with van der Waals surface area (Å²) in [6, 6.07) is 10.4. The van der Waals surface area contributed by atoms with Crippen LogP contribution in [0.2, 0.25) is 0 Å². The van der Waals surface area contributed by atoms with E-state index in [1.165, 1.54) is 5.56 Å². The predicted octanol–water partition coefficient (Wildman–Crippen LogP) is 3.75. The van der Waals surface area contributed by atoms with E-state index in [1.807, 2.05) is 6.07 Å². The van der Waals surface area contributed by atoms with E-state index in [2.05, 4.69) is 24.3 Å². The van der Waals surface area contributed by atoms with Gasteiger partial charge in [0.05, 0.1) is 0 Å². The zero-order valence-electron chi connectivity index (χ0n) is 12.3. The first-order chi connectivity index (χ1) is 10.1. The zero-order valence-corrected chi connectivity index (χ0v) is 12.3. The summed E-state index contributed by atoms with van der Waals surface area (Å²) in [4.78, 5) is 21.4. The van der Waals surface area contributed by atoms with Crippen LogP contribution in [0.3, 0.4) is 0 Å². The lowest BCUT2D eigenvalue weighted by atomic mass is 10.00. The van der Waals surface area contributed by atoms with Gasteiger partial charge in [-0.3, -0.25) is 9.59 Å². The van der Waals surface area contributed by atoms with Crippen molar-refractivity contribution >= 4 is 11.9 Å². The first-order valence-electron chi connectivity index (χ1n) is 7.61. The molecule has 116 valence electrons. The number of rotatable bonds is 11. The van der Waals surface area contributed by atoms with Crippen LogP contribution in [0, 0.1) is 5.92 Å². The molecule has 1 aromatic rings. The van der Waals surface area contributed by atoms with Gasteiger partial charge < -0.3 is 10.2 Å². The second-order valence-corrected chi connectivity index (χ2v) is 5.37. The Morgan fingerprint density at radius 2 is 1.33 bits per heavy atom. The minimum atomic E-state index is -1.25. The minimum absolute atomic E-state index is 0.231. The summed E-state index contributed by atoms with van der Waals surface area (Å²) >= 11 is 0. The van der Waals surface area contributed by atoms with E-state index < -0.39 is 17.9 Å². The van der Waals surface area contributed by atoms with Crippen molar-refractivity contribution in [3.8, 4) is 0 Å². The van der Waals surface area contributed by atoms with Crippen molar-refractivity contribution in [2.45, 2.75) is 51.4 Å². The average molecular weight is 292 g/mol. The van der Waals surface area contributed by atoms with Crippen LogP contribution in [0.4, 0.5) is 0 Å². The molecule has 0 unspecified atom stereocenters. The van der Waals surface area contributed by atoms with Crippen LogP contribution in [-0.2, 0) is 16.0 Å². The quantitative estimate of drug-likeness (QED) is 0.481. The highest BCUT2D eigenvalue weighted by Crippen LogP contribution is 2.14. The van der Waals surface area contributed by atoms with Gasteiger partial charge in [-0.1, -0.05) is 62.4 Å². The number of carboxylic acids is 2. The van der Waals surface area contributed by atoms with Gasteiger partial charge in [-0.2, -0.15) is 0 Å². The van der Waals surface area contributed by atoms with Gasteiger partial charge >= 0.3 is 11.9 Å². The van der Waals surface area contributed by atoms with Gasteiger partial charge in [-0.05, 0) is 24.8 Å². The van der Waals surface area contributed by atoms with Crippen LogP contribution in [0.25, 0.3) is 0 Å². The molecule has 0 aliphatic carbocycles. The average Bonchev–Trinajstić information content (AvgIpc) is 2.45. The molecule has 0 bridgehead atoms. The fraction of sp³-hybridized carbons (Fsp3) is 0.529. The molecular weight excluding hydrogens is 268 g/mol. The first-order valence-corrected chi connectivity index (χ1v) is 7.61. The molecule has 0 aromatic heterocycles. The zero-order chi connectivity index (χ0) is 15.5. The van der Waals surface area contributed by atoms with Crippen molar-refractivity contribution in [1.82, 2.24) is 0 Å². The molecule has 2 N–H and O–H groups in total. The molecule has 0 amide bonds. The topological polar surface area (TPSA) is 74.6 Å². The van der Waals surface area contributed by atoms with Crippen LogP contribution in [0.1, 0.15) is 50.5 Å². The maximum absolute atomic E-state index is 10.7. The molecule has 4 heteroatoms. The van der Waals surface area contributed by atoms with E-state index in [0.717, 1.165) is 38.5 Å². The highest BCUT2D eigenvalue weighted by Gasteiger charge is 2.24. The van der Waals surface area contributed by atoms with Gasteiger partial charge in [-0.25, -0.2) is 0 Å². The van der Waals surface area contributed by atoms with E-state index in [9.17, 15) is 9.59 Å². The molecule has 21 heavy (non-hydrogen) atoms. The SMILES string of the molecule is O=C(O)C(CCCCCCCCc1ccccc1)C(=O)O. The van der Waals surface area contributed by atoms with Crippen LogP contribution in [0.15, 0.2) is 30.3 Å². The summed E-state index contributed by atoms with van der Waals surface area (Å²) in [5.41, 5.74) is 1.36. The third-order valence-electron chi connectivity index (χ3n) is 3.65. The smallest absolute Gasteiger partial charge is 0.317 e. The van der Waals surface area contributed by atoms with E-state index in [-0.39, 0.29) is 6.42 Å².